The average molecular weight is 541 g/mol. The summed E-state index contributed by atoms with van der Waals surface area (Å²) in [6.07, 6.45) is -4.30. The molecule has 0 N–H and O–H groups in total. The van der Waals surface area contributed by atoms with Crippen LogP contribution in [0.5, 0.6) is 0 Å². The zero-order chi connectivity index (χ0) is 28.5. The van der Waals surface area contributed by atoms with E-state index in [1.165, 1.54) is 42.1 Å². The summed E-state index contributed by atoms with van der Waals surface area (Å²) in [5.41, 5.74) is -1.90. The maximum atomic E-state index is 13.2. The van der Waals surface area contributed by atoms with Gasteiger partial charge in [-0.2, -0.15) is 0 Å². The largest absolute Gasteiger partial charge is 0.463 e. The molecule has 1 aliphatic heterocycles. The van der Waals surface area contributed by atoms with Crippen LogP contribution < -0.4 is 0 Å². The first-order valence-electron chi connectivity index (χ1n) is 12.3. The summed E-state index contributed by atoms with van der Waals surface area (Å²) in [6, 6.07) is 9.49. The third-order valence-corrected chi connectivity index (χ3v) is 6.35. The van der Waals surface area contributed by atoms with E-state index in [4.69, 9.17) is 37.9 Å². The molecule has 1 aromatic rings. The Morgan fingerprint density at radius 3 is 2.21 bits per heavy atom. The molecule has 1 fully saturated rings. The van der Waals surface area contributed by atoms with Gasteiger partial charge in [0.2, 0.25) is 5.78 Å². The summed E-state index contributed by atoms with van der Waals surface area (Å²) >= 11 is 0. The van der Waals surface area contributed by atoms with Crippen molar-refractivity contribution in [2.45, 2.75) is 83.1 Å². The summed E-state index contributed by atoms with van der Waals surface area (Å²) in [7, 11) is 4.32. The average Bonchev–Trinajstić information content (AvgIpc) is 3.21. The highest BCUT2D eigenvalue weighted by Crippen LogP contribution is 2.38. The Balaban J connectivity index is 2.29. The SMILES string of the molecule is COC(C)C(=O)OC(C)C(=O)C(C)(C)OCC1(COC(C)=O)OC(OC)C(OC)C1OCc1ccccc1. The number of esters is 2. The number of carbonyl (C=O) groups excluding carboxylic acids is 3. The van der Waals surface area contributed by atoms with Crippen LogP contribution in [-0.4, -0.2) is 94.2 Å². The number of ketones is 1. The first kappa shape index (κ1) is 31.8. The third-order valence-electron chi connectivity index (χ3n) is 6.35. The summed E-state index contributed by atoms with van der Waals surface area (Å²) in [5, 5.41) is 0. The van der Waals surface area contributed by atoms with E-state index < -0.39 is 59.6 Å². The van der Waals surface area contributed by atoms with Gasteiger partial charge in [0, 0.05) is 28.3 Å². The monoisotopic (exact) mass is 540 g/mol. The minimum atomic E-state index is -1.42. The molecule has 0 amide bonds. The lowest BCUT2D eigenvalue weighted by Gasteiger charge is -2.37. The van der Waals surface area contributed by atoms with Gasteiger partial charge in [0.25, 0.3) is 0 Å². The lowest BCUT2D eigenvalue weighted by molar-refractivity contribution is -0.225. The Labute approximate surface area is 223 Å². The minimum absolute atomic E-state index is 0.208. The van der Waals surface area contributed by atoms with Crippen molar-refractivity contribution in [1.82, 2.24) is 0 Å². The van der Waals surface area contributed by atoms with Crippen molar-refractivity contribution < 1.29 is 52.3 Å². The van der Waals surface area contributed by atoms with Crippen LogP contribution >= 0.6 is 0 Å². The topological polar surface area (TPSA) is 125 Å². The second-order valence-electron chi connectivity index (χ2n) is 9.60. The van der Waals surface area contributed by atoms with Crippen molar-refractivity contribution in [3.8, 4) is 0 Å². The Hall–Kier alpha value is -2.41. The van der Waals surface area contributed by atoms with E-state index in [-0.39, 0.29) is 19.8 Å². The summed E-state index contributed by atoms with van der Waals surface area (Å²) in [6.45, 7) is 7.09. The van der Waals surface area contributed by atoms with Crippen LogP contribution in [0.2, 0.25) is 0 Å². The van der Waals surface area contributed by atoms with Gasteiger partial charge in [-0.1, -0.05) is 30.3 Å². The number of methoxy groups -OCH3 is 3. The van der Waals surface area contributed by atoms with E-state index in [0.717, 1.165) is 5.56 Å². The van der Waals surface area contributed by atoms with E-state index >= 15 is 0 Å². The lowest BCUT2D eigenvalue weighted by atomic mass is 9.94. The maximum Gasteiger partial charge on any atom is 0.335 e. The van der Waals surface area contributed by atoms with Crippen LogP contribution in [0, 0.1) is 0 Å². The fourth-order valence-corrected chi connectivity index (χ4v) is 4.01. The molecule has 11 heteroatoms. The van der Waals surface area contributed by atoms with Gasteiger partial charge in [-0.3, -0.25) is 9.59 Å². The molecule has 1 aliphatic rings. The molecule has 0 aliphatic carbocycles. The van der Waals surface area contributed by atoms with E-state index in [9.17, 15) is 14.4 Å². The van der Waals surface area contributed by atoms with Crippen LogP contribution in [0.3, 0.4) is 0 Å². The Morgan fingerprint density at radius 2 is 1.66 bits per heavy atom. The minimum Gasteiger partial charge on any atom is -0.463 e. The summed E-state index contributed by atoms with van der Waals surface area (Å²) in [4.78, 5) is 37.0. The van der Waals surface area contributed by atoms with Crippen molar-refractivity contribution in [2.75, 3.05) is 34.5 Å². The van der Waals surface area contributed by atoms with Gasteiger partial charge in [-0.25, -0.2) is 4.79 Å². The molecule has 1 heterocycles. The van der Waals surface area contributed by atoms with E-state index in [1.807, 2.05) is 30.3 Å². The van der Waals surface area contributed by atoms with Crippen LogP contribution in [0.15, 0.2) is 30.3 Å². The van der Waals surface area contributed by atoms with Gasteiger partial charge < -0.3 is 37.9 Å². The highest BCUT2D eigenvalue weighted by Gasteiger charge is 2.59. The Kier molecular flexibility index (Phi) is 11.8. The Morgan fingerprint density at radius 1 is 1.00 bits per heavy atom. The molecule has 6 atom stereocenters. The summed E-state index contributed by atoms with van der Waals surface area (Å²) < 4.78 is 45.3. The zero-order valence-corrected chi connectivity index (χ0v) is 23.4. The number of carbonyl (C=O) groups is 3. The third kappa shape index (κ3) is 8.05. The molecule has 1 aromatic carbocycles. The number of rotatable bonds is 15. The molecule has 0 radical (unpaired) electrons. The quantitative estimate of drug-likeness (QED) is 0.304. The van der Waals surface area contributed by atoms with Gasteiger partial charge >= 0.3 is 11.9 Å². The summed E-state index contributed by atoms with van der Waals surface area (Å²) in [5.74, 6) is -1.69. The highest BCUT2D eigenvalue weighted by atomic mass is 16.7. The second kappa shape index (κ2) is 14.1. The molecular formula is C27H40O11. The van der Waals surface area contributed by atoms with Gasteiger partial charge in [0.1, 0.15) is 24.4 Å². The standard InChI is InChI=1S/C27H40O11/c1-17(37-24(30)18(2)31-6)22(29)26(4,5)36-16-27(15-35-19(3)28)23(21(32-7)25(33-8)38-27)34-14-20-12-10-9-11-13-20/h9-13,17-18,21,23,25H,14-16H2,1-8H3. The number of ether oxygens (including phenoxy) is 8. The molecule has 0 aromatic heterocycles. The molecule has 11 nitrogen and oxygen atoms in total. The molecule has 214 valence electrons. The van der Waals surface area contributed by atoms with Crippen molar-refractivity contribution in [3.05, 3.63) is 35.9 Å². The van der Waals surface area contributed by atoms with Crippen LogP contribution in [-0.2, 0) is 58.9 Å². The van der Waals surface area contributed by atoms with Gasteiger partial charge in [0.05, 0.1) is 13.2 Å². The van der Waals surface area contributed by atoms with E-state index in [1.54, 1.807) is 13.8 Å². The van der Waals surface area contributed by atoms with Crippen LogP contribution in [0.25, 0.3) is 0 Å². The highest BCUT2D eigenvalue weighted by molar-refractivity contribution is 5.92. The lowest BCUT2D eigenvalue weighted by Crippen LogP contribution is -2.55. The van der Waals surface area contributed by atoms with E-state index in [0.29, 0.717) is 0 Å². The molecule has 1 saturated heterocycles. The second-order valence-corrected chi connectivity index (χ2v) is 9.60. The van der Waals surface area contributed by atoms with Gasteiger partial charge in [-0.15, -0.1) is 0 Å². The molecule has 6 unspecified atom stereocenters. The normalized spacial score (nSPS) is 25.0. The first-order valence-corrected chi connectivity index (χ1v) is 12.3. The molecule has 0 saturated carbocycles. The van der Waals surface area contributed by atoms with Crippen LogP contribution in [0.1, 0.15) is 40.2 Å². The number of hydrogen-bond acceptors (Lipinski definition) is 11. The Bertz CT molecular complexity index is 919. The van der Waals surface area contributed by atoms with Crippen molar-refractivity contribution in [1.29, 1.82) is 0 Å². The fourth-order valence-electron chi connectivity index (χ4n) is 4.01. The molecule has 0 bridgehead atoms. The maximum absolute atomic E-state index is 13.2. The number of hydrogen-bond donors (Lipinski definition) is 0. The van der Waals surface area contributed by atoms with E-state index in [2.05, 4.69) is 0 Å². The predicted octanol–water partition coefficient (Wildman–Crippen LogP) is 2.22. The van der Waals surface area contributed by atoms with Crippen molar-refractivity contribution in [2.24, 2.45) is 0 Å². The van der Waals surface area contributed by atoms with Crippen LogP contribution in [0.4, 0.5) is 0 Å². The fraction of sp³-hybridized carbons (Fsp3) is 0.667. The smallest absolute Gasteiger partial charge is 0.335 e. The number of Topliss-reactive ketones (excluding diaryl/α,β-unsaturated/α-hetero) is 1. The molecule has 0 spiro atoms. The van der Waals surface area contributed by atoms with Gasteiger partial charge in [-0.05, 0) is 33.3 Å². The zero-order valence-electron chi connectivity index (χ0n) is 23.4. The van der Waals surface area contributed by atoms with Crippen molar-refractivity contribution in [3.63, 3.8) is 0 Å². The first-order chi connectivity index (χ1) is 17.9. The molecule has 38 heavy (non-hydrogen) atoms. The predicted molar refractivity (Wildman–Crippen MR) is 134 cm³/mol. The molecular weight excluding hydrogens is 500 g/mol. The number of benzene rings is 1. The molecule has 2 rings (SSSR count). The van der Waals surface area contributed by atoms with Gasteiger partial charge in [0.15, 0.2) is 24.1 Å². The van der Waals surface area contributed by atoms with Crippen molar-refractivity contribution >= 4 is 17.7 Å².